The first-order valence-electron chi connectivity index (χ1n) is 38.3. The number of allylic oxidation sites excluding steroid dienone is 1. The number of carboxylic acids is 1. The molecule has 125 heavy (non-hydrogen) atoms. The summed E-state index contributed by atoms with van der Waals surface area (Å²) in [5.74, 6) is -1.20. The number of carboxylic acid groups (broad SMARTS) is 1. The molecule has 3 aliphatic rings. The van der Waals surface area contributed by atoms with Crippen LogP contribution in [0.1, 0.15) is 70.4 Å². The van der Waals surface area contributed by atoms with Crippen molar-refractivity contribution in [1.82, 2.24) is 22.8 Å². The number of unbranched alkanes of at least 4 members (excludes halogenated alkanes) is 1. The first-order chi connectivity index (χ1) is 60.0. The maximum Gasteiger partial charge on any atom is 1.00 e. The number of carbonyl (C=O) groups is 1. The van der Waals surface area contributed by atoms with E-state index in [2.05, 4.69) is 78.2 Å². The van der Waals surface area contributed by atoms with Crippen molar-refractivity contribution in [2.75, 3.05) is 27.5 Å². The number of hydrogen-bond acceptors (Lipinski definition) is 24. The van der Waals surface area contributed by atoms with Crippen LogP contribution in [0.4, 0.5) is 41.6 Å². The number of nitrogens with zero attached hydrogens (tertiary/aromatic N) is 10. The number of nitroso groups, excluding NO2 is 5. The molecular weight excluding hydrogens is 1760 g/mol. The maximum absolute atomic E-state index is 14.2. The number of hydrogen-bond donors (Lipinski definition) is 5. The third-order valence-electron chi connectivity index (χ3n) is 20.8. The predicted molar refractivity (Wildman–Crippen MR) is 464 cm³/mol. The van der Waals surface area contributed by atoms with Gasteiger partial charge in [0.05, 0.1) is 80.1 Å². The van der Waals surface area contributed by atoms with Crippen molar-refractivity contribution in [1.29, 1.82) is 0 Å². The van der Waals surface area contributed by atoms with Crippen LogP contribution in [0.3, 0.4) is 0 Å². The van der Waals surface area contributed by atoms with Crippen LogP contribution < -0.4 is 53.6 Å². The van der Waals surface area contributed by atoms with Gasteiger partial charge in [0.15, 0.2) is 48.8 Å². The number of rotatable bonds is 21. The number of aryl methyl sites for hydroxylation is 1. The number of methoxy groups -OCH3 is 1. The molecule has 0 atom stereocenters. The van der Waals surface area contributed by atoms with Crippen LogP contribution in [-0.4, -0.2) is 81.8 Å². The first-order valence-corrected chi connectivity index (χ1v) is 39.9. The van der Waals surface area contributed by atoms with E-state index >= 15 is 0 Å². The molecule has 0 amide bonds. The standard InChI is InChI=1S/C24H17FN2O6.C23H17FN2O4.C18H15FN2O5.C13H13BrN2O2.C12H13BrN2O2.Na/c25-18-7-16(22-17(8-18)11-32-12-33-22)10-27-20-9-15(5-6-19(20)21(26-31)23(27)28)13-1-3-14(4-2-13)24(29)30;24-18-8-16(22-17(9-18)12-29-13-30-22)11-26-20-10-15(14-4-2-1-3-5-14)6-7-19(20)21(25-28)23(26)27;1-24-13-2-3-14-15(6-13)21(18(22)16(14)20-23)7-10-4-12(19)5-11-8-25-9-26-17(10)11;1-2-3-4-7-16-11-6-5-9(14)8-10(11)12(15-18)13(16)17;1-7(2)6-15-10-4-3-8(13)5-9(10)11(14-17)12(15)16;/h1-9,28H,10-12H2,(H,29,30);1-10,27H,11-13H2;2-6,22H,7-9H2,1H3;2,5-6,8,17H,1,3-4,7H2;3-5,7,16H,6H2,1-2H3;/q;;;;;+1/p-1. The Bertz CT molecular complexity index is 6680. The van der Waals surface area contributed by atoms with E-state index in [1.807, 2.05) is 72.8 Å². The fourth-order valence-electron chi connectivity index (χ4n) is 15.2. The molecule has 0 unspecified atom stereocenters. The molecule has 3 aliphatic heterocycles. The molecule has 0 spiro atoms. The molecule has 10 aromatic carbocycles. The molecule has 0 bridgehead atoms. The average Bonchev–Trinajstić information content (AvgIpc) is 1.62. The number of benzene rings is 10. The second kappa shape index (κ2) is 39.6. The molecule has 5 aromatic heterocycles. The minimum absolute atomic E-state index is 0. The third kappa shape index (κ3) is 18.9. The maximum atomic E-state index is 14.2. The third-order valence-corrected chi connectivity index (χ3v) is 21.8. The van der Waals surface area contributed by atoms with Crippen molar-refractivity contribution in [2.45, 2.75) is 79.2 Å². The van der Waals surface area contributed by atoms with Gasteiger partial charge in [-0.25, -0.2) is 13.2 Å². The Kier molecular flexibility index (Phi) is 28.4. The van der Waals surface area contributed by atoms with E-state index in [4.69, 9.17) is 33.2 Å². The topological polar surface area (TPSA) is 378 Å². The minimum atomic E-state index is -1.27. The predicted octanol–water partition coefficient (Wildman–Crippen LogP) is 18.7. The van der Waals surface area contributed by atoms with Gasteiger partial charge >= 0.3 is 29.6 Å². The number of carbonyl (C=O) groups excluding carboxylic acids is 1. The van der Waals surface area contributed by atoms with E-state index in [1.165, 1.54) is 64.8 Å². The molecule has 0 saturated carbocycles. The summed E-state index contributed by atoms with van der Waals surface area (Å²) in [6.07, 6.45) is 3.55. The van der Waals surface area contributed by atoms with Crippen molar-refractivity contribution >= 4 is 121 Å². The summed E-state index contributed by atoms with van der Waals surface area (Å²) < 4.78 is 89.5. The second-order valence-corrected chi connectivity index (χ2v) is 30.9. The Balaban J connectivity index is 0.000000137. The van der Waals surface area contributed by atoms with Crippen LogP contribution in [0, 0.1) is 47.9 Å². The molecule has 0 saturated heterocycles. The Hall–Kier alpha value is -13.1. The van der Waals surface area contributed by atoms with Crippen LogP contribution in [0.2, 0.25) is 0 Å². The van der Waals surface area contributed by atoms with Crippen molar-refractivity contribution in [3.8, 4) is 74.7 Å². The van der Waals surface area contributed by atoms with E-state index < -0.39 is 23.4 Å². The quantitative estimate of drug-likeness (QED) is 0.0193. The van der Waals surface area contributed by atoms with E-state index in [1.54, 1.807) is 80.4 Å². The summed E-state index contributed by atoms with van der Waals surface area (Å²) in [4.78, 5) is 66.7. The summed E-state index contributed by atoms with van der Waals surface area (Å²) in [6, 6.07) is 50.7. The molecule has 15 aromatic rings. The number of aromatic hydroxyl groups is 5. The van der Waals surface area contributed by atoms with Gasteiger partial charge in [-0.2, -0.15) is 0 Å². The summed E-state index contributed by atoms with van der Waals surface area (Å²) in [7, 11) is 1.52. The molecular formula is C90H74Br2F3N10NaO19. The normalized spacial score (nSPS) is 12.4. The zero-order chi connectivity index (χ0) is 87.7. The van der Waals surface area contributed by atoms with Crippen LogP contribution >= 0.6 is 31.9 Å². The summed E-state index contributed by atoms with van der Waals surface area (Å²) in [6.45, 7) is 10.1. The fourth-order valence-corrected chi connectivity index (χ4v) is 15.9. The number of halogens is 5. The van der Waals surface area contributed by atoms with Crippen LogP contribution in [-0.2, 0) is 66.8 Å². The van der Waals surface area contributed by atoms with Gasteiger partial charge in [0.1, 0.15) is 40.4 Å². The SMILES string of the molecule is C=CCCCn1c(O)c(N=O)c2cc(Br)ccc21.CC(C)Cn1c(O)c(N=O)c2cc(Br)ccc21.COc1ccc2c(N=O)c(O)n(Cc3cc(F)cc4c3OCOC4)c2c1.O=Nc1c(O)n(Cc2cc(F)cc3c2OCOC3)c2cc(-c3ccc(C(=O)[O-])cc3)ccc12.O=Nc1c(O)n(Cc2cc(F)cc3c2OCOC3)c2cc(-c3ccccc3)ccc12.[Na+]. The van der Waals surface area contributed by atoms with Crippen LogP contribution in [0.15, 0.2) is 229 Å². The summed E-state index contributed by atoms with van der Waals surface area (Å²) >= 11 is 6.69. The Morgan fingerprint density at radius 1 is 0.464 bits per heavy atom. The number of fused-ring (bicyclic) bond motifs is 8. The van der Waals surface area contributed by atoms with E-state index in [9.17, 15) is 73.1 Å². The van der Waals surface area contributed by atoms with Gasteiger partial charge in [-0.15, -0.1) is 31.1 Å². The van der Waals surface area contributed by atoms with Crippen LogP contribution in [0.25, 0.3) is 76.8 Å². The zero-order valence-electron chi connectivity index (χ0n) is 67.2. The van der Waals surface area contributed by atoms with E-state index in [0.717, 1.165) is 55.1 Å². The molecule has 0 fully saturated rings. The van der Waals surface area contributed by atoms with Gasteiger partial charge in [0.25, 0.3) is 0 Å². The molecule has 8 heterocycles. The second-order valence-electron chi connectivity index (χ2n) is 29.1. The largest absolute Gasteiger partial charge is 1.00 e. The van der Waals surface area contributed by atoms with Gasteiger partial charge in [-0.3, -0.25) is 0 Å². The number of aromatic carboxylic acids is 1. The molecule has 18 rings (SSSR count). The first kappa shape index (κ1) is 89.7. The van der Waals surface area contributed by atoms with Gasteiger partial charge in [0, 0.05) is 88.4 Å². The fraction of sp³-hybridized carbons (Fsp3) is 0.189. The molecule has 0 radical (unpaired) electrons. The summed E-state index contributed by atoms with van der Waals surface area (Å²) in [5.41, 5.74) is 9.96. The molecule has 29 nitrogen and oxygen atoms in total. The monoisotopic (exact) mass is 1840 g/mol. The Labute approximate surface area is 747 Å². The number of aromatic nitrogens is 5. The smallest absolute Gasteiger partial charge is 0.545 e. The minimum Gasteiger partial charge on any atom is -0.545 e. The average molecular weight is 1840 g/mol. The van der Waals surface area contributed by atoms with Gasteiger partial charge in [-0.05, 0) is 182 Å². The van der Waals surface area contributed by atoms with Gasteiger partial charge < -0.3 is 91.4 Å². The van der Waals surface area contributed by atoms with Crippen molar-refractivity contribution in [3.63, 3.8) is 0 Å². The molecule has 0 aliphatic carbocycles. The molecule has 5 N–H and O–H groups in total. The van der Waals surface area contributed by atoms with E-state index in [0.29, 0.717) is 119 Å². The van der Waals surface area contributed by atoms with Crippen LogP contribution in [0.5, 0.6) is 52.4 Å². The van der Waals surface area contributed by atoms with Crippen molar-refractivity contribution in [2.24, 2.45) is 31.8 Å². The number of ether oxygens (including phenoxy) is 7. The van der Waals surface area contributed by atoms with Gasteiger partial charge in [0.2, 0.25) is 29.4 Å². The van der Waals surface area contributed by atoms with Gasteiger partial charge in [-0.1, -0.05) is 119 Å². The van der Waals surface area contributed by atoms with Crippen molar-refractivity contribution in [3.05, 3.63) is 285 Å². The van der Waals surface area contributed by atoms with E-state index in [-0.39, 0.29) is 153 Å². The molecule has 634 valence electrons. The Morgan fingerprint density at radius 2 is 0.832 bits per heavy atom. The summed E-state index contributed by atoms with van der Waals surface area (Å²) in [5, 5.41) is 80.5. The molecule has 35 heteroatoms. The Morgan fingerprint density at radius 3 is 1.22 bits per heavy atom. The zero-order valence-corrected chi connectivity index (χ0v) is 72.4. The van der Waals surface area contributed by atoms with Crippen molar-refractivity contribution < 1.29 is 111 Å².